The van der Waals surface area contributed by atoms with Crippen LogP contribution < -0.4 is 5.32 Å². The molecule has 19 heavy (non-hydrogen) atoms. The summed E-state index contributed by atoms with van der Waals surface area (Å²) in [5.41, 5.74) is 0.561. The first-order chi connectivity index (χ1) is 8.92. The van der Waals surface area contributed by atoms with Gasteiger partial charge in [-0.2, -0.15) is 5.10 Å². The van der Waals surface area contributed by atoms with E-state index >= 15 is 0 Å². The Kier molecular flexibility index (Phi) is 5.32. The molecular weight excluding hydrogens is 244 g/mol. The molecular formula is C13H24N4O2. The lowest BCUT2D eigenvalue weighted by Crippen LogP contribution is -2.17. The molecule has 0 spiro atoms. The summed E-state index contributed by atoms with van der Waals surface area (Å²) < 4.78 is 1.70. The van der Waals surface area contributed by atoms with Crippen LogP contribution in [0.1, 0.15) is 52.3 Å². The van der Waals surface area contributed by atoms with Crippen molar-refractivity contribution in [3.63, 3.8) is 0 Å². The summed E-state index contributed by atoms with van der Waals surface area (Å²) in [6.07, 6.45) is 2.12. The molecule has 0 aliphatic carbocycles. The molecule has 0 aliphatic heterocycles. The van der Waals surface area contributed by atoms with E-state index in [0.29, 0.717) is 17.4 Å². The summed E-state index contributed by atoms with van der Waals surface area (Å²) >= 11 is 0. The van der Waals surface area contributed by atoms with Gasteiger partial charge in [-0.15, -0.1) is 0 Å². The zero-order valence-corrected chi connectivity index (χ0v) is 12.4. The largest absolute Gasteiger partial charge is 0.364 e. The van der Waals surface area contributed by atoms with Gasteiger partial charge < -0.3 is 5.32 Å². The number of hydrogen-bond donors (Lipinski definition) is 1. The maximum absolute atomic E-state index is 11.2. The predicted molar refractivity (Wildman–Crippen MR) is 76.6 cm³/mol. The molecule has 0 bridgehead atoms. The van der Waals surface area contributed by atoms with Crippen LogP contribution in [0.3, 0.4) is 0 Å². The van der Waals surface area contributed by atoms with E-state index in [0.717, 1.165) is 19.4 Å². The van der Waals surface area contributed by atoms with Gasteiger partial charge >= 0.3 is 5.69 Å². The lowest BCUT2D eigenvalue weighted by molar-refractivity contribution is -0.384. The molecule has 0 aliphatic rings. The van der Waals surface area contributed by atoms with Crippen molar-refractivity contribution in [1.29, 1.82) is 0 Å². The average Bonchev–Trinajstić information content (AvgIpc) is 2.67. The smallest absolute Gasteiger partial charge is 0.333 e. The van der Waals surface area contributed by atoms with Crippen molar-refractivity contribution in [2.75, 3.05) is 11.9 Å². The van der Waals surface area contributed by atoms with E-state index in [2.05, 4.69) is 24.3 Å². The van der Waals surface area contributed by atoms with Crippen molar-refractivity contribution in [2.24, 2.45) is 5.92 Å². The predicted octanol–water partition coefficient (Wildman–Crippen LogP) is 3.53. The van der Waals surface area contributed by atoms with E-state index < -0.39 is 0 Å². The Bertz CT molecular complexity index is 436. The molecule has 0 atom stereocenters. The second-order valence-corrected chi connectivity index (χ2v) is 5.14. The molecule has 1 N–H and O–H groups in total. The van der Waals surface area contributed by atoms with Crippen LogP contribution in [0.2, 0.25) is 0 Å². The number of anilines is 1. The summed E-state index contributed by atoms with van der Waals surface area (Å²) in [6, 6.07) is 0.0941. The number of aryl methyl sites for hydroxylation is 1. The van der Waals surface area contributed by atoms with Crippen LogP contribution in [0.4, 0.5) is 11.5 Å². The molecule has 108 valence electrons. The van der Waals surface area contributed by atoms with E-state index in [1.54, 1.807) is 11.6 Å². The first kappa shape index (κ1) is 15.5. The van der Waals surface area contributed by atoms with Crippen molar-refractivity contribution >= 4 is 11.5 Å². The number of rotatable bonds is 7. The van der Waals surface area contributed by atoms with E-state index in [1.165, 1.54) is 0 Å². The van der Waals surface area contributed by atoms with E-state index in [9.17, 15) is 10.1 Å². The first-order valence-electron chi connectivity index (χ1n) is 6.89. The maximum Gasteiger partial charge on any atom is 0.333 e. The van der Waals surface area contributed by atoms with E-state index in [-0.39, 0.29) is 16.7 Å². The highest BCUT2D eigenvalue weighted by Crippen LogP contribution is 2.30. The maximum atomic E-state index is 11.2. The van der Waals surface area contributed by atoms with Crippen molar-refractivity contribution in [3.05, 3.63) is 15.8 Å². The minimum atomic E-state index is -0.351. The number of nitrogens with one attached hydrogen (secondary N) is 1. The van der Waals surface area contributed by atoms with Gasteiger partial charge in [0.05, 0.1) is 4.92 Å². The van der Waals surface area contributed by atoms with Crippen LogP contribution in [-0.2, 0) is 0 Å². The summed E-state index contributed by atoms with van der Waals surface area (Å²) in [6.45, 7) is 10.6. The standard InChI is InChI=1S/C13H24N4O2/c1-6-11(7-2)8-14-13-12(17(18)19)10(5)15-16(13)9(3)4/h9,11,14H,6-8H2,1-5H3. The van der Waals surface area contributed by atoms with Gasteiger partial charge in [-0.05, 0) is 26.7 Å². The van der Waals surface area contributed by atoms with Gasteiger partial charge in [0.25, 0.3) is 0 Å². The Morgan fingerprint density at radius 3 is 2.37 bits per heavy atom. The number of nitro groups is 1. The van der Waals surface area contributed by atoms with Crippen molar-refractivity contribution in [2.45, 2.75) is 53.5 Å². The fourth-order valence-corrected chi connectivity index (χ4v) is 2.11. The van der Waals surface area contributed by atoms with Crippen molar-refractivity contribution in [1.82, 2.24) is 9.78 Å². The van der Waals surface area contributed by atoms with Gasteiger partial charge in [0, 0.05) is 12.6 Å². The molecule has 1 heterocycles. The molecule has 0 saturated carbocycles. The van der Waals surface area contributed by atoms with Gasteiger partial charge in [-0.3, -0.25) is 10.1 Å². The topological polar surface area (TPSA) is 73.0 Å². The molecule has 0 fully saturated rings. The zero-order chi connectivity index (χ0) is 14.6. The van der Waals surface area contributed by atoms with Crippen LogP contribution in [0.5, 0.6) is 0 Å². The molecule has 0 saturated heterocycles. The SMILES string of the molecule is CCC(CC)CNc1c([N+](=O)[O-])c(C)nn1C(C)C. The average molecular weight is 268 g/mol. The van der Waals surface area contributed by atoms with Crippen molar-refractivity contribution < 1.29 is 4.92 Å². The van der Waals surface area contributed by atoms with E-state index in [1.807, 2.05) is 13.8 Å². The monoisotopic (exact) mass is 268 g/mol. The minimum absolute atomic E-state index is 0.0941. The summed E-state index contributed by atoms with van der Waals surface area (Å²) in [7, 11) is 0. The van der Waals surface area contributed by atoms with Crippen LogP contribution in [0.25, 0.3) is 0 Å². The van der Waals surface area contributed by atoms with Gasteiger partial charge in [-0.1, -0.05) is 26.7 Å². The van der Waals surface area contributed by atoms with Crippen LogP contribution >= 0.6 is 0 Å². The Morgan fingerprint density at radius 1 is 1.37 bits per heavy atom. The Balaban J connectivity index is 3.05. The molecule has 1 aromatic heterocycles. The second-order valence-electron chi connectivity index (χ2n) is 5.14. The highest BCUT2D eigenvalue weighted by molar-refractivity contribution is 5.59. The van der Waals surface area contributed by atoms with Crippen LogP contribution in [-0.4, -0.2) is 21.2 Å². The fraction of sp³-hybridized carbons (Fsp3) is 0.769. The Hall–Kier alpha value is -1.59. The second kappa shape index (κ2) is 6.54. The molecule has 6 nitrogen and oxygen atoms in total. The molecule has 0 amide bonds. The van der Waals surface area contributed by atoms with Crippen LogP contribution in [0, 0.1) is 23.0 Å². The summed E-state index contributed by atoms with van der Waals surface area (Å²) in [4.78, 5) is 10.8. The third kappa shape index (κ3) is 3.45. The van der Waals surface area contributed by atoms with Gasteiger partial charge in [0.15, 0.2) is 0 Å². The van der Waals surface area contributed by atoms with Gasteiger partial charge in [0.1, 0.15) is 5.69 Å². The minimum Gasteiger partial charge on any atom is -0.364 e. The van der Waals surface area contributed by atoms with Gasteiger partial charge in [-0.25, -0.2) is 4.68 Å². The third-order valence-electron chi connectivity index (χ3n) is 3.44. The quantitative estimate of drug-likeness (QED) is 0.606. The molecule has 1 rings (SSSR count). The van der Waals surface area contributed by atoms with E-state index in [4.69, 9.17) is 0 Å². The lowest BCUT2D eigenvalue weighted by Gasteiger charge is -2.16. The van der Waals surface area contributed by atoms with Crippen LogP contribution in [0.15, 0.2) is 0 Å². The Labute approximate surface area is 114 Å². The summed E-state index contributed by atoms with van der Waals surface area (Å²) in [5, 5.41) is 18.7. The normalized spacial score (nSPS) is 11.3. The lowest BCUT2D eigenvalue weighted by atomic mass is 10.0. The molecule has 0 unspecified atom stereocenters. The molecule has 6 heteroatoms. The molecule has 0 aromatic carbocycles. The van der Waals surface area contributed by atoms with Gasteiger partial charge in [0.2, 0.25) is 5.82 Å². The zero-order valence-electron chi connectivity index (χ0n) is 12.4. The first-order valence-corrected chi connectivity index (χ1v) is 6.89. The summed E-state index contributed by atoms with van der Waals surface area (Å²) in [5.74, 6) is 1.06. The number of hydrogen-bond acceptors (Lipinski definition) is 4. The third-order valence-corrected chi connectivity index (χ3v) is 3.44. The molecule has 0 radical (unpaired) electrons. The Morgan fingerprint density at radius 2 is 1.95 bits per heavy atom. The number of aromatic nitrogens is 2. The highest BCUT2D eigenvalue weighted by atomic mass is 16.6. The highest BCUT2D eigenvalue weighted by Gasteiger charge is 2.26. The molecule has 1 aromatic rings. The fourth-order valence-electron chi connectivity index (χ4n) is 2.11. The van der Waals surface area contributed by atoms with Crippen molar-refractivity contribution in [3.8, 4) is 0 Å². The number of nitrogens with zero attached hydrogens (tertiary/aromatic N) is 3.